The van der Waals surface area contributed by atoms with Crippen molar-refractivity contribution in [3.63, 3.8) is 0 Å². The fourth-order valence-corrected chi connectivity index (χ4v) is 3.53. The number of fused-ring (bicyclic) bond motifs is 1. The second-order valence-electron chi connectivity index (χ2n) is 7.58. The quantitative estimate of drug-likeness (QED) is 0.276. The number of anilines is 3. The Hall–Kier alpha value is -4.87. The number of hydrogen-bond donors (Lipinski definition) is 3. The summed E-state index contributed by atoms with van der Waals surface area (Å²) in [6.45, 7) is 0. The van der Waals surface area contributed by atoms with Crippen LogP contribution in [0.5, 0.6) is 0 Å². The Balaban J connectivity index is 1.43. The number of imidazole rings is 1. The largest absolute Gasteiger partial charge is 0.416 e. The van der Waals surface area contributed by atoms with E-state index < -0.39 is 23.5 Å². The van der Waals surface area contributed by atoms with Gasteiger partial charge in [-0.15, -0.1) is 0 Å². The first kappa shape index (κ1) is 22.9. The molecule has 5 aromatic rings. The SMILES string of the molecule is O=C(Nc1cc(Nc2ncccc2-c2ncnc3nc[nH]c23)ccc1F)c1cccc(C(F)(F)F)c1. The number of carbonyl (C=O) groups excluding carboxylic acids is 1. The Morgan fingerprint density at radius 3 is 2.64 bits per heavy atom. The van der Waals surface area contributed by atoms with Crippen LogP contribution in [0.25, 0.3) is 22.4 Å². The third-order valence-corrected chi connectivity index (χ3v) is 5.22. The summed E-state index contributed by atoms with van der Waals surface area (Å²) in [6.07, 6.45) is -0.200. The molecule has 1 amide bonds. The summed E-state index contributed by atoms with van der Waals surface area (Å²) in [7, 11) is 0. The minimum Gasteiger partial charge on any atom is -0.341 e. The molecule has 180 valence electrons. The lowest BCUT2D eigenvalue weighted by molar-refractivity contribution is -0.137. The molecule has 0 atom stereocenters. The lowest BCUT2D eigenvalue weighted by Gasteiger charge is -2.13. The smallest absolute Gasteiger partial charge is 0.341 e. The van der Waals surface area contributed by atoms with Gasteiger partial charge in [-0.05, 0) is 48.5 Å². The predicted octanol–water partition coefficient (Wildman–Crippen LogP) is 5.57. The monoisotopic (exact) mass is 493 g/mol. The van der Waals surface area contributed by atoms with E-state index in [0.29, 0.717) is 40.0 Å². The van der Waals surface area contributed by atoms with Crippen molar-refractivity contribution in [2.45, 2.75) is 6.18 Å². The first-order valence-electron chi connectivity index (χ1n) is 10.4. The molecular formula is C24H15F4N7O. The van der Waals surface area contributed by atoms with Crippen LogP contribution in [0, 0.1) is 5.82 Å². The van der Waals surface area contributed by atoms with Gasteiger partial charge in [-0.1, -0.05) is 6.07 Å². The van der Waals surface area contributed by atoms with Crippen molar-refractivity contribution >= 4 is 34.3 Å². The van der Waals surface area contributed by atoms with E-state index in [2.05, 4.69) is 35.6 Å². The molecule has 3 N–H and O–H groups in total. The molecule has 0 bridgehead atoms. The highest BCUT2D eigenvalue weighted by Gasteiger charge is 2.31. The van der Waals surface area contributed by atoms with E-state index in [1.54, 1.807) is 18.3 Å². The number of amides is 1. The van der Waals surface area contributed by atoms with Crippen LogP contribution >= 0.6 is 0 Å². The molecular weight excluding hydrogens is 478 g/mol. The average molecular weight is 493 g/mol. The zero-order valence-electron chi connectivity index (χ0n) is 18.1. The molecule has 0 aliphatic rings. The van der Waals surface area contributed by atoms with Crippen molar-refractivity contribution in [1.29, 1.82) is 0 Å². The van der Waals surface area contributed by atoms with Crippen LogP contribution in [0.2, 0.25) is 0 Å². The minimum absolute atomic E-state index is 0.224. The molecule has 3 heterocycles. The molecule has 0 radical (unpaired) electrons. The van der Waals surface area contributed by atoms with Gasteiger partial charge in [0, 0.05) is 23.0 Å². The number of nitrogens with zero attached hydrogens (tertiary/aromatic N) is 4. The Labute approximate surface area is 200 Å². The predicted molar refractivity (Wildman–Crippen MR) is 124 cm³/mol. The summed E-state index contributed by atoms with van der Waals surface area (Å²) in [5.74, 6) is -1.27. The number of H-pyrrole nitrogens is 1. The summed E-state index contributed by atoms with van der Waals surface area (Å²) < 4.78 is 53.4. The lowest BCUT2D eigenvalue weighted by Crippen LogP contribution is -2.15. The first-order valence-corrected chi connectivity index (χ1v) is 10.4. The summed E-state index contributed by atoms with van der Waals surface area (Å²) in [6, 6.07) is 11.2. The van der Waals surface area contributed by atoms with Crippen LogP contribution in [0.3, 0.4) is 0 Å². The van der Waals surface area contributed by atoms with Crippen molar-refractivity contribution in [3.8, 4) is 11.3 Å². The van der Waals surface area contributed by atoms with Gasteiger partial charge >= 0.3 is 6.18 Å². The van der Waals surface area contributed by atoms with Crippen molar-refractivity contribution < 1.29 is 22.4 Å². The van der Waals surface area contributed by atoms with E-state index in [4.69, 9.17) is 0 Å². The van der Waals surface area contributed by atoms with Gasteiger partial charge in [-0.3, -0.25) is 4.79 Å². The summed E-state index contributed by atoms with van der Waals surface area (Å²) >= 11 is 0. The van der Waals surface area contributed by atoms with Crippen LogP contribution in [-0.4, -0.2) is 30.8 Å². The molecule has 0 aliphatic carbocycles. The van der Waals surface area contributed by atoms with Crippen molar-refractivity contribution in [3.05, 3.63) is 90.4 Å². The molecule has 5 rings (SSSR count). The maximum atomic E-state index is 14.5. The van der Waals surface area contributed by atoms with Gasteiger partial charge in [0.05, 0.1) is 17.6 Å². The lowest BCUT2D eigenvalue weighted by atomic mass is 10.1. The number of pyridine rings is 1. The minimum atomic E-state index is -4.61. The molecule has 12 heteroatoms. The summed E-state index contributed by atoms with van der Waals surface area (Å²) in [5.41, 5.74) is 1.11. The Kier molecular flexibility index (Phi) is 5.76. The number of aromatic amines is 1. The van der Waals surface area contributed by atoms with Crippen LogP contribution < -0.4 is 10.6 Å². The zero-order chi connectivity index (χ0) is 25.3. The van der Waals surface area contributed by atoms with E-state index >= 15 is 0 Å². The van der Waals surface area contributed by atoms with E-state index in [1.165, 1.54) is 30.9 Å². The van der Waals surface area contributed by atoms with Gasteiger partial charge in [0.1, 0.15) is 29.2 Å². The Morgan fingerprint density at radius 2 is 1.81 bits per heavy atom. The van der Waals surface area contributed by atoms with Gasteiger partial charge in [0.2, 0.25) is 0 Å². The number of benzene rings is 2. The number of hydrogen-bond acceptors (Lipinski definition) is 6. The van der Waals surface area contributed by atoms with Crippen molar-refractivity contribution in [2.75, 3.05) is 10.6 Å². The van der Waals surface area contributed by atoms with E-state index in [0.717, 1.165) is 18.2 Å². The Morgan fingerprint density at radius 1 is 0.944 bits per heavy atom. The zero-order valence-corrected chi connectivity index (χ0v) is 18.1. The Bertz CT molecular complexity index is 1580. The molecule has 0 saturated heterocycles. The molecule has 36 heavy (non-hydrogen) atoms. The third-order valence-electron chi connectivity index (χ3n) is 5.22. The molecule has 0 spiro atoms. The maximum Gasteiger partial charge on any atom is 0.416 e. The number of carbonyl (C=O) groups is 1. The van der Waals surface area contributed by atoms with Gasteiger partial charge in [-0.25, -0.2) is 24.3 Å². The van der Waals surface area contributed by atoms with E-state index in [-0.39, 0.29) is 11.3 Å². The summed E-state index contributed by atoms with van der Waals surface area (Å²) in [4.78, 5) is 32.4. The highest BCUT2D eigenvalue weighted by molar-refractivity contribution is 6.04. The molecule has 3 aromatic heterocycles. The average Bonchev–Trinajstić information content (AvgIpc) is 3.35. The van der Waals surface area contributed by atoms with Crippen LogP contribution in [0.1, 0.15) is 15.9 Å². The molecule has 2 aromatic carbocycles. The second-order valence-corrected chi connectivity index (χ2v) is 7.58. The first-order chi connectivity index (χ1) is 17.3. The number of aromatic nitrogens is 5. The molecule has 8 nitrogen and oxygen atoms in total. The van der Waals surface area contributed by atoms with E-state index in [1.807, 2.05) is 0 Å². The van der Waals surface area contributed by atoms with Crippen molar-refractivity contribution in [1.82, 2.24) is 24.9 Å². The fraction of sp³-hybridized carbons (Fsp3) is 0.0417. The van der Waals surface area contributed by atoms with Crippen LogP contribution in [-0.2, 0) is 6.18 Å². The normalized spacial score (nSPS) is 11.4. The van der Waals surface area contributed by atoms with Crippen LogP contribution in [0.15, 0.2) is 73.4 Å². The van der Waals surface area contributed by atoms with Crippen molar-refractivity contribution in [2.24, 2.45) is 0 Å². The molecule has 0 fully saturated rings. The highest BCUT2D eigenvalue weighted by Crippen LogP contribution is 2.32. The van der Waals surface area contributed by atoms with E-state index in [9.17, 15) is 22.4 Å². The topological polar surface area (TPSA) is 108 Å². The standard InChI is InChI=1S/C24H15F4N7O/c25-17-7-6-15(10-18(17)35-23(36)13-3-1-4-14(9-13)24(26,27)28)34-21-16(5-2-8-29-21)19-20-22(32-11-30-19)33-12-31-20/h1-12H,(H,29,34)(H,35,36)(H,30,31,32,33). The van der Waals surface area contributed by atoms with Gasteiger partial charge in [0.15, 0.2) is 5.65 Å². The second kappa shape index (κ2) is 9.06. The van der Waals surface area contributed by atoms with Gasteiger partial charge in [0.25, 0.3) is 5.91 Å². The molecule has 0 saturated carbocycles. The number of halogens is 4. The summed E-state index contributed by atoms with van der Waals surface area (Å²) in [5, 5.41) is 5.39. The number of nitrogens with one attached hydrogen (secondary N) is 3. The number of rotatable bonds is 5. The molecule has 0 unspecified atom stereocenters. The molecule has 0 aliphatic heterocycles. The maximum absolute atomic E-state index is 14.5. The van der Waals surface area contributed by atoms with Crippen LogP contribution in [0.4, 0.5) is 34.8 Å². The third kappa shape index (κ3) is 4.56. The number of alkyl halides is 3. The highest BCUT2D eigenvalue weighted by atomic mass is 19.4. The fourth-order valence-electron chi connectivity index (χ4n) is 3.53. The van der Waals surface area contributed by atoms with Gasteiger partial charge in [-0.2, -0.15) is 13.2 Å². The van der Waals surface area contributed by atoms with Gasteiger partial charge < -0.3 is 15.6 Å².